The normalized spacial score (nSPS) is 18.3. The van der Waals surface area contributed by atoms with Crippen LogP contribution in [-0.2, 0) is 4.79 Å². The van der Waals surface area contributed by atoms with Gasteiger partial charge in [0, 0.05) is 25.1 Å². The molecule has 1 unspecified atom stereocenters. The number of halogens is 2. The molecule has 0 aliphatic carbocycles. The number of aliphatic carboxylic acids is 1. The molecule has 1 aliphatic heterocycles. The van der Waals surface area contributed by atoms with E-state index in [-0.39, 0.29) is 23.3 Å². The number of nitrogens with zero attached hydrogens (tertiary/aromatic N) is 1. The molecule has 1 heterocycles. The van der Waals surface area contributed by atoms with Gasteiger partial charge in [-0.05, 0) is 37.0 Å². The first kappa shape index (κ1) is 14.8. The van der Waals surface area contributed by atoms with E-state index < -0.39 is 11.8 Å². The highest BCUT2D eigenvalue weighted by atomic mass is 35.5. The van der Waals surface area contributed by atoms with Gasteiger partial charge < -0.3 is 10.0 Å². The maximum absolute atomic E-state index is 13.1. The Kier molecular flexibility index (Phi) is 4.60. The predicted octanol–water partition coefficient (Wildman–Crippen LogP) is 2.81. The SMILES string of the molecule is O=C(O)CCC1CCN(C(=O)c2ccc(F)c(Cl)c2)C1. The topological polar surface area (TPSA) is 57.6 Å². The van der Waals surface area contributed by atoms with Crippen molar-refractivity contribution in [1.29, 1.82) is 0 Å². The summed E-state index contributed by atoms with van der Waals surface area (Å²) in [6, 6.07) is 3.91. The summed E-state index contributed by atoms with van der Waals surface area (Å²) in [5, 5.41) is 8.58. The van der Waals surface area contributed by atoms with E-state index in [1.807, 2.05) is 0 Å². The van der Waals surface area contributed by atoms with E-state index in [4.69, 9.17) is 16.7 Å². The summed E-state index contributed by atoms with van der Waals surface area (Å²) < 4.78 is 13.1. The zero-order valence-electron chi connectivity index (χ0n) is 10.8. The zero-order chi connectivity index (χ0) is 14.7. The van der Waals surface area contributed by atoms with Crippen LogP contribution in [0.5, 0.6) is 0 Å². The van der Waals surface area contributed by atoms with Gasteiger partial charge in [0.1, 0.15) is 5.82 Å². The van der Waals surface area contributed by atoms with E-state index in [1.54, 1.807) is 4.90 Å². The van der Waals surface area contributed by atoms with Crippen molar-refractivity contribution < 1.29 is 19.1 Å². The first-order valence-electron chi connectivity index (χ1n) is 6.43. The van der Waals surface area contributed by atoms with Crippen molar-refractivity contribution in [3.63, 3.8) is 0 Å². The maximum Gasteiger partial charge on any atom is 0.303 e. The highest BCUT2D eigenvalue weighted by Crippen LogP contribution is 2.24. The van der Waals surface area contributed by atoms with Crippen LogP contribution in [0.25, 0.3) is 0 Å². The Morgan fingerprint density at radius 3 is 2.85 bits per heavy atom. The zero-order valence-corrected chi connectivity index (χ0v) is 11.6. The minimum atomic E-state index is -0.819. The number of likely N-dealkylation sites (tertiary alicyclic amines) is 1. The lowest BCUT2D eigenvalue weighted by Gasteiger charge is -2.16. The van der Waals surface area contributed by atoms with Crippen molar-refractivity contribution in [3.05, 3.63) is 34.6 Å². The van der Waals surface area contributed by atoms with Gasteiger partial charge in [-0.25, -0.2) is 4.39 Å². The highest BCUT2D eigenvalue weighted by molar-refractivity contribution is 6.31. The molecule has 108 valence electrons. The molecular weight excluding hydrogens is 285 g/mol. The monoisotopic (exact) mass is 299 g/mol. The standard InChI is InChI=1S/C14H15ClFNO3/c15-11-7-10(2-3-12(11)16)14(20)17-6-5-9(8-17)1-4-13(18)19/h2-3,7,9H,1,4-6,8H2,(H,18,19). The summed E-state index contributed by atoms with van der Waals surface area (Å²) in [6.07, 6.45) is 1.49. The van der Waals surface area contributed by atoms with Crippen molar-refractivity contribution in [3.8, 4) is 0 Å². The molecule has 0 radical (unpaired) electrons. The third-order valence-corrected chi connectivity index (χ3v) is 3.80. The second kappa shape index (κ2) is 6.22. The van der Waals surface area contributed by atoms with Crippen LogP contribution < -0.4 is 0 Å². The van der Waals surface area contributed by atoms with Crippen LogP contribution in [0.3, 0.4) is 0 Å². The van der Waals surface area contributed by atoms with E-state index >= 15 is 0 Å². The number of carbonyl (C=O) groups is 2. The Labute approximate surface area is 121 Å². The number of carboxylic acids is 1. The molecule has 1 atom stereocenters. The summed E-state index contributed by atoms with van der Waals surface area (Å²) in [5.41, 5.74) is 0.357. The second-order valence-corrected chi connectivity index (χ2v) is 5.37. The summed E-state index contributed by atoms with van der Waals surface area (Å²) in [4.78, 5) is 24.4. The first-order chi connectivity index (χ1) is 9.47. The van der Waals surface area contributed by atoms with Gasteiger partial charge in [-0.15, -0.1) is 0 Å². The van der Waals surface area contributed by atoms with Crippen LogP contribution in [0.4, 0.5) is 4.39 Å². The van der Waals surface area contributed by atoms with Crippen molar-refractivity contribution in [1.82, 2.24) is 4.90 Å². The Morgan fingerprint density at radius 2 is 2.20 bits per heavy atom. The van der Waals surface area contributed by atoms with Crippen molar-refractivity contribution in [2.75, 3.05) is 13.1 Å². The molecule has 0 spiro atoms. The van der Waals surface area contributed by atoms with Crippen molar-refractivity contribution in [2.45, 2.75) is 19.3 Å². The maximum atomic E-state index is 13.1. The number of hydrogen-bond donors (Lipinski definition) is 1. The van der Waals surface area contributed by atoms with Crippen LogP contribution in [0.15, 0.2) is 18.2 Å². The van der Waals surface area contributed by atoms with Gasteiger partial charge in [0.15, 0.2) is 0 Å². The average Bonchev–Trinajstić information content (AvgIpc) is 2.87. The molecule has 1 aromatic carbocycles. The van der Waals surface area contributed by atoms with Crippen LogP contribution in [0, 0.1) is 11.7 Å². The third-order valence-electron chi connectivity index (χ3n) is 3.51. The predicted molar refractivity (Wildman–Crippen MR) is 72.3 cm³/mol. The Balaban J connectivity index is 1.97. The number of carboxylic acid groups (broad SMARTS) is 1. The van der Waals surface area contributed by atoms with E-state index in [1.165, 1.54) is 18.2 Å². The first-order valence-corrected chi connectivity index (χ1v) is 6.81. The second-order valence-electron chi connectivity index (χ2n) is 4.97. The minimum Gasteiger partial charge on any atom is -0.481 e. The van der Waals surface area contributed by atoms with Crippen LogP contribution in [-0.4, -0.2) is 35.0 Å². The average molecular weight is 300 g/mol. The molecule has 2 rings (SSSR count). The molecule has 1 N–H and O–H groups in total. The quantitative estimate of drug-likeness (QED) is 0.930. The van der Waals surface area contributed by atoms with E-state index in [2.05, 4.69) is 0 Å². The summed E-state index contributed by atoms with van der Waals surface area (Å²) >= 11 is 5.67. The van der Waals surface area contributed by atoms with Crippen LogP contribution in [0.2, 0.25) is 5.02 Å². The molecule has 0 saturated carbocycles. The molecule has 6 heteroatoms. The number of carbonyl (C=O) groups excluding carboxylic acids is 1. The third kappa shape index (κ3) is 3.48. The fourth-order valence-corrected chi connectivity index (χ4v) is 2.57. The lowest BCUT2D eigenvalue weighted by atomic mass is 10.0. The largest absolute Gasteiger partial charge is 0.481 e. The van der Waals surface area contributed by atoms with E-state index in [9.17, 15) is 14.0 Å². The Hall–Kier alpha value is -1.62. The molecule has 0 aromatic heterocycles. The van der Waals surface area contributed by atoms with E-state index in [0.717, 1.165) is 6.42 Å². The lowest BCUT2D eigenvalue weighted by Crippen LogP contribution is -2.28. The van der Waals surface area contributed by atoms with Crippen molar-refractivity contribution >= 4 is 23.5 Å². The van der Waals surface area contributed by atoms with E-state index in [0.29, 0.717) is 25.1 Å². The smallest absolute Gasteiger partial charge is 0.303 e. The van der Waals surface area contributed by atoms with Gasteiger partial charge in [-0.2, -0.15) is 0 Å². The fourth-order valence-electron chi connectivity index (χ4n) is 2.39. The molecule has 4 nitrogen and oxygen atoms in total. The van der Waals surface area contributed by atoms with Gasteiger partial charge >= 0.3 is 5.97 Å². The number of amides is 1. The van der Waals surface area contributed by atoms with Crippen LogP contribution in [0.1, 0.15) is 29.6 Å². The van der Waals surface area contributed by atoms with Gasteiger partial charge in [0.25, 0.3) is 5.91 Å². The highest BCUT2D eigenvalue weighted by Gasteiger charge is 2.27. The molecular formula is C14H15ClFNO3. The molecule has 20 heavy (non-hydrogen) atoms. The number of hydrogen-bond acceptors (Lipinski definition) is 2. The summed E-state index contributed by atoms with van der Waals surface area (Å²) in [5.74, 6) is -1.35. The fraction of sp³-hybridized carbons (Fsp3) is 0.429. The summed E-state index contributed by atoms with van der Waals surface area (Å²) in [6.45, 7) is 1.14. The summed E-state index contributed by atoms with van der Waals surface area (Å²) in [7, 11) is 0. The Morgan fingerprint density at radius 1 is 1.45 bits per heavy atom. The lowest BCUT2D eigenvalue weighted by molar-refractivity contribution is -0.137. The van der Waals surface area contributed by atoms with Gasteiger partial charge in [-0.1, -0.05) is 11.6 Å². The minimum absolute atomic E-state index is 0.0718. The number of benzene rings is 1. The van der Waals surface area contributed by atoms with Gasteiger partial charge in [0.2, 0.25) is 0 Å². The molecule has 1 saturated heterocycles. The van der Waals surface area contributed by atoms with Crippen LogP contribution >= 0.6 is 11.6 Å². The van der Waals surface area contributed by atoms with Crippen molar-refractivity contribution in [2.24, 2.45) is 5.92 Å². The molecule has 1 aliphatic rings. The molecule has 1 aromatic rings. The molecule has 0 bridgehead atoms. The Bertz CT molecular complexity index is 535. The van der Waals surface area contributed by atoms with Gasteiger partial charge in [-0.3, -0.25) is 9.59 Å². The van der Waals surface area contributed by atoms with Gasteiger partial charge in [0.05, 0.1) is 5.02 Å². The molecule has 1 amide bonds. The number of rotatable bonds is 4. The molecule has 1 fully saturated rings.